The van der Waals surface area contributed by atoms with E-state index in [0.717, 1.165) is 12.0 Å². The van der Waals surface area contributed by atoms with Crippen molar-refractivity contribution in [1.29, 1.82) is 0 Å². The number of carbonyl (C=O) groups excluding carboxylic acids is 1. The van der Waals surface area contributed by atoms with Crippen LogP contribution in [0.3, 0.4) is 0 Å². The smallest absolute Gasteiger partial charge is 0.258 e. The van der Waals surface area contributed by atoms with Crippen molar-refractivity contribution in [3.05, 3.63) is 77.7 Å². The van der Waals surface area contributed by atoms with Gasteiger partial charge in [-0.15, -0.1) is 11.8 Å². The Labute approximate surface area is 172 Å². The Bertz CT molecular complexity index is 1010. The van der Waals surface area contributed by atoms with Crippen LogP contribution >= 0.6 is 11.8 Å². The second-order valence-electron chi connectivity index (χ2n) is 6.44. The molecule has 1 aliphatic heterocycles. The van der Waals surface area contributed by atoms with Crippen molar-refractivity contribution in [2.24, 2.45) is 0 Å². The standard InChI is InChI=1S/C22H19FN2O3S/c23-16-6-4-15(5-7-16)14-29-22-18(3-1-10-24-22)21(26)25-17-8-9-19-20(13-17)28-12-2-11-27-19/h1,3-10,13H,2,11-12,14H2,(H,25,26). The molecule has 0 saturated heterocycles. The van der Waals surface area contributed by atoms with Gasteiger partial charge in [-0.05, 0) is 42.0 Å². The summed E-state index contributed by atoms with van der Waals surface area (Å²) in [5.41, 5.74) is 2.06. The van der Waals surface area contributed by atoms with Crippen LogP contribution in [-0.4, -0.2) is 24.1 Å². The van der Waals surface area contributed by atoms with Crippen LogP contribution < -0.4 is 14.8 Å². The topological polar surface area (TPSA) is 60.5 Å². The lowest BCUT2D eigenvalue weighted by Gasteiger charge is -2.12. The first-order chi connectivity index (χ1) is 14.2. The molecule has 0 spiro atoms. The van der Waals surface area contributed by atoms with E-state index >= 15 is 0 Å². The van der Waals surface area contributed by atoms with E-state index in [-0.39, 0.29) is 11.7 Å². The van der Waals surface area contributed by atoms with Gasteiger partial charge in [0.05, 0.1) is 18.8 Å². The number of nitrogens with one attached hydrogen (secondary N) is 1. The molecule has 0 unspecified atom stereocenters. The Hall–Kier alpha value is -3.06. The first-order valence-electron chi connectivity index (χ1n) is 9.22. The van der Waals surface area contributed by atoms with Crippen LogP contribution in [0.5, 0.6) is 11.5 Å². The number of hydrogen-bond acceptors (Lipinski definition) is 5. The van der Waals surface area contributed by atoms with Crippen molar-refractivity contribution in [2.45, 2.75) is 17.2 Å². The molecule has 2 heterocycles. The summed E-state index contributed by atoms with van der Waals surface area (Å²) in [5.74, 6) is 1.36. The molecule has 1 N–H and O–H groups in total. The van der Waals surface area contributed by atoms with Gasteiger partial charge in [-0.1, -0.05) is 12.1 Å². The number of hydrogen-bond donors (Lipinski definition) is 1. The predicted octanol–water partition coefficient (Wildman–Crippen LogP) is 4.93. The van der Waals surface area contributed by atoms with Gasteiger partial charge in [-0.3, -0.25) is 4.79 Å². The largest absolute Gasteiger partial charge is 0.490 e. The lowest BCUT2D eigenvalue weighted by Crippen LogP contribution is -2.13. The number of halogens is 1. The predicted molar refractivity (Wildman–Crippen MR) is 110 cm³/mol. The third-order valence-corrected chi connectivity index (χ3v) is 5.39. The molecule has 0 radical (unpaired) electrons. The lowest BCUT2D eigenvalue weighted by atomic mass is 10.2. The summed E-state index contributed by atoms with van der Waals surface area (Å²) in [5, 5.41) is 3.51. The highest BCUT2D eigenvalue weighted by atomic mass is 32.2. The number of nitrogens with zero attached hydrogens (tertiary/aromatic N) is 1. The number of fused-ring (bicyclic) bond motifs is 1. The van der Waals surface area contributed by atoms with Gasteiger partial charge in [-0.2, -0.15) is 0 Å². The summed E-state index contributed by atoms with van der Waals surface area (Å²) in [6, 6.07) is 15.1. The third kappa shape index (κ3) is 4.86. The highest BCUT2D eigenvalue weighted by molar-refractivity contribution is 7.98. The fraction of sp³-hybridized carbons (Fsp3) is 0.182. The molecule has 29 heavy (non-hydrogen) atoms. The number of amides is 1. The molecular formula is C22H19FN2O3S. The molecule has 0 fully saturated rings. The van der Waals surface area contributed by atoms with Crippen LogP contribution in [-0.2, 0) is 5.75 Å². The summed E-state index contributed by atoms with van der Waals surface area (Å²) in [6.45, 7) is 1.19. The van der Waals surface area contributed by atoms with Gasteiger partial charge >= 0.3 is 0 Å². The first-order valence-corrected chi connectivity index (χ1v) is 10.2. The zero-order valence-corrected chi connectivity index (χ0v) is 16.4. The summed E-state index contributed by atoms with van der Waals surface area (Å²) < 4.78 is 24.4. The molecule has 0 saturated carbocycles. The Morgan fingerprint density at radius 2 is 1.86 bits per heavy atom. The molecule has 5 nitrogen and oxygen atoms in total. The number of anilines is 1. The normalized spacial score (nSPS) is 12.9. The molecule has 0 bridgehead atoms. The maximum atomic E-state index is 13.1. The van der Waals surface area contributed by atoms with Crippen LogP contribution in [0.25, 0.3) is 0 Å². The van der Waals surface area contributed by atoms with Crippen molar-refractivity contribution in [3.63, 3.8) is 0 Å². The number of aromatic nitrogens is 1. The highest BCUT2D eigenvalue weighted by Crippen LogP contribution is 2.33. The number of rotatable bonds is 5. The van der Waals surface area contributed by atoms with E-state index in [4.69, 9.17) is 9.47 Å². The molecule has 1 amide bonds. The van der Waals surface area contributed by atoms with Crippen LogP contribution in [0.15, 0.2) is 65.8 Å². The number of benzene rings is 2. The van der Waals surface area contributed by atoms with Crippen molar-refractivity contribution in [2.75, 3.05) is 18.5 Å². The van der Waals surface area contributed by atoms with Gasteiger partial charge in [0.2, 0.25) is 0 Å². The Morgan fingerprint density at radius 1 is 1.07 bits per heavy atom. The average Bonchev–Trinajstić information content (AvgIpc) is 2.98. The first kappa shape index (κ1) is 19.3. The van der Waals surface area contributed by atoms with Gasteiger partial charge in [0.15, 0.2) is 11.5 Å². The van der Waals surface area contributed by atoms with Gasteiger partial charge in [0, 0.05) is 30.1 Å². The molecule has 1 aliphatic rings. The van der Waals surface area contributed by atoms with Crippen molar-refractivity contribution in [1.82, 2.24) is 4.98 Å². The maximum absolute atomic E-state index is 13.1. The van der Waals surface area contributed by atoms with Crippen LogP contribution in [0.2, 0.25) is 0 Å². The van der Waals surface area contributed by atoms with Gasteiger partial charge in [0.1, 0.15) is 10.8 Å². The second kappa shape index (κ2) is 8.96. The summed E-state index contributed by atoms with van der Waals surface area (Å²) in [4.78, 5) is 17.2. The SMILES string of the molecule is O=C(Nc1ccc2c(c1)OCCCO2)c1cccnc1SCc1ccc(F)cc1. The molecule has 3 aromatic rings. The minimum atomic E-state index is -0.271. The monoisotopic (exact) mass is 410 g/mol. The van der Waals surface area contributed by atoms with Crippen LogP contribution in [0.4, 0.5) is 10.1 Å². The van der Waals surface area contributed by atoms with Gasteiger partial charge < -0.3 is 14.8 Å². The molecule has 1 aromatic heterocycles. The molecule has 148 valence electrons. The summed E-state index contributed by atoms with van der Waals surface area (Å²) >= 11 is 1.43. The van der Waals surface area contributed by atoms with E-state index < -0.39 is 0 Å². The fourth-order valence-electron chi connectivity index (χ4n) is 2.85. The molecule has 7 heteroatoms. The fourth-order valence-corrected chi connectivity index (χ4v) is 3.80. The molecular weight excluding hydrogens is 391 g/mol. The minimum absolute atomic E-state index is 0.255. The zero-order valence-electron chi connectivity index (χ0n) is 15.6. The summed E-state index contributed by atoms with van der Waals surface area (Å²) in [7, 11) is 0. The van der Waals surface area contributed by atoms with E-state index in [1.807, 2.05) is 0 Å². The Kier molecular flexibility index (Phi) is 5.95. The Morgan fingerprint density at radius 3 is 2.69 bits per heavy atom. The third-order valence-electron chi connectivity index (χ3n) is 4.31. The van der Waals surface area contributed by atoms with E-state index in [0.29, 0.717) is 46.7 Å². The van der Waals surface area contributed by atoms with Gasteiger partial charge in [-0.25, -0.2) is 9.37 Å². The Balaban J connectivity index is 1.47. The van der Waals surface area contributed by atoms with Crippen LogP contribution in [0.1, 0.15) is 22.3 Å². The van der Waals surface area contributed by atoms with E-state index in [1.165, 1.54) is 23.9 Å². The molecule has 0 atom stereocenters. The molecule has 2 aromatic carbocycles. The van der Waals surface area contributed by atoms with E-state index in [1.54, 1.807) is 48.7 Å². The van der Waals surface area contributed by atoms with Crippen molar-refractivity contribution < 1.29 is 18.7 Å². The number of thioether (sulfide) groups is 1. The lowest BCUT2D eigenvalue weighted by molar-refractivity contribution is 0.102. The number of carbonyl (C=O) groups is 1. The van der Waals surface area contributed by atoms with Gasteiger partial charge in [0.25, 0.3) is 5.91 Å². The minimum Gasteiger partial charge on any atom is -0.490 e. The zero-order chi connectivity index (χ0) is 20.1. The molecule has 0 aliphatic carbocycles. The van der Waals surface area contributed by atoms with Crippen molar-refractivity contribution >= 4 is 23.4 Å². The number of ether oxygens (including phenoxy) is 2. The average molecular weight is 410 g/mol. The molecule has 4 rings (SSSR count). The summed E-state index contributed by atoms with van der Waals surface area (Å²) in [6.07, 6.45) is 2.47. The van der Waals surface area contributed by atoms with E-state index in [9.17, 15) is 9.18 Å². The van der Waals surface area contributed by atoms with Crippen LogP contribution in [0, 0.1) is 5.82 Å². The quantitative estimate of drug-likeness (QED) is 0.605. The maximum Gasteiger partial charge on any atom is 0.258 e. The van der Waals surface area contributed by atoms with E-state index in [2.05, 4.69) is 10.3 Å². The van der Waals surface area contributed by atoms with Crippen molar-refractivity contribution in [3.8, 4) is 11.5 Å². The highest BCUT2D eigenvalue weighted by Gasteiger charge is 2.16. The second-order valence-corrected chi connectivity index (χ2v) is 7.40. The number of pyridine rings is 1.